The summed E-state index contributed by atoms with van der Waals surface area (Å²) in [5.74, 6) is 0. The van der Waals surface area contributed by atoms with Gasteiger partial charge in [0.15, 0.2) is 5.58 Å². The lowest BCUT2D eigenvalue weighted by molar-refractivity contribution is 0.670. The van der Waals surface area contributed by atoms with E-state index in [9.17, 15) is 0 Å². The van der Waals surface area contributed by atoms with E-state index in [4.69, 9.17) is 4.42 Å². The molecule has 0 aliphatic carbocycles. The van der Waals surface area contributed by atoms with E-state index in [-0.39, 0.29) is 0 Å². The third kappa shape index (κ3) is 2.96. The number of anilines is 2. The van der Waals surface area contributed by atoms with Crippen molar-refractivity contribution in [3.63, 3.8) is 0 Å². The molecule has 34 heavy (non-hydrogen) atoms. The molecule has 0 spiro atoms. The number of benzene rings is 6. The van der Waals surface area contributed by atoms with E-state index < -0.39 is 0 Å². The predicted molar refractivity (Wildman–Crippen MR) is 144 cm³/mol. The highest BCUT2D eigenvalue weighted by Crippen LogP contribution is 2.38. The van der Waals surface area contributed by atoms with Crippen LogP contribution in [0.4, 0.5) is 11.4 Å². The largest absolute Gasteiger partial charge is 0.454 e. The summed E-state index contributed by atoms with van der Waals surface area (Å²) < 4.78 is 6.34. The van der Waals surface area contributed by atoms with Crippen molar-refractivity contribution in [2.24, 2.45) is 0 Å². The van der Waals surface area contributed by atoms with Crippen molar-refractivity contribution < 1.29 is 4.42 Å². The number of hydrogen-bond donors (Lipinski definition) is 1. The van der Waals surface area contributed by atoms with E-state index in [2.05, 4.69) is 127 Å². The third-order valence-corrected chi connectivity index (χ3v) is 6.65. The van der Waals surface area contributed by atoms with Crippen molar-refractivity contribution in [1.29, 1.82) is 0 Å². The van der Waals surface area contributed by atoms with Crippen molar-refractivity contribution in [3.8, 4) is 11.1 Å². The summed E-state index contributed by atoms with van der Waals surface area (Å²) in [6.45, 7) is 0. The minimum absolute atomic E-state index is 0.881. The SMILES string of the molecule is c1ccc2c(-c3ccc(Nc4cccc5c4oc4ccc6ccccc6c45)cc3)cccc2c1. The Morgan fingerprint density at radius 1 is 0.500 bits per heavy atom. The Labute approximate surface area is 197 Å². The molecule has 160 valence electrons. The second kappa shape index (κ2) is 7.50. The van der Waals surface area contributed by atoms with Crippen LogP contribution < -0.4 is 5.32 Å². The number of rotatable bonds is 3. The molecule has 0 aliphatic heterocycles. The first-order valence-corrected chi connectivity index (χ1v) is 11.5. The first-order valence-electron chi connectivity index (χ1n) is 11.5. The molecule has 1 heterocycles. The zero-order chi connectivity index (χ0) is 22.5. The molecule has 0 amide bonds. The quantitative estimate of drug-likeness (QED) is 0.299. The van der Waals surface area contributed by atoms with Gasteiger partial charge >= 0.3 is 0 Å². The van der Waals surface area contributed by atoms with Crippen molar-refractivity contribution in [2.75, 3.05) is 5.32 Å². The highest BCUT2D eigenvalue weighted by molar-refractivity contribution is 6.20. The van der Waals surface area contributed by atoms with Crippen LogP contribution in [0.25, 0.3) is 54.6 Å². The van der Waals surface area contributed by atoms with E-state index in [1.54, 1.807) is 0 Å². The summed E-state index contributed by atoms with van der Waals surface area (Å²) in [6.07, 6.45) is 0. The lowest BCUT2D eigenvalue weighted by atomic mass is 9.98. The molecule has 0 bridgehead atoms. The molecule has 0 atom stereocenters. The molecule has 6 aromatic carbocycles. The van der Waals surface area contributed by atoms with Crippen molar-refractivity contribution in [1.82, 2.24) is 0 Å². The van der Waals surface area contributed by atoms with Crippen LogP contribution in [0, 0.1) is 0 Å². The fourth-order valence-electron chi connectivity index (χ4n) is 5.03. The lowest BCUT2D eigenvalue weighted by Crippen LogP contribution is -1.90. The fraction of sp³-hybridized carbons (Fsp3) is 0. The number of para-hydroxylation sites is 1. The van der Waals surface area contributed by atoms with Crippen LogP contribution in [0.15, 0.2) is 126 Å². The van der Waals surface area contributed by atoms with Crippen LogP contribution in [0.3, 0.4) is 0 Å². The summed E-state index contributed by atoms with van der Waals surface area (Å²) in [4.78, 5) is 0. The van der Waals surface area contributed by atoms with Crippen LogP contribution in [0.1, 0.15) is 0 Å². The second-order valence-electron chi connectivity index (χ2n) is 8.67. The molecule has 7 aromatic rings. The Morgan fingerprint density at radius 2 is 1.18 bits per heavy atom. The molecule has 1 aromatic heterocycles. The van der Waals surface area contributed by atoms with Gasteiger partial charge in [-0.2, -0.15) is 0 Å². The van der Waals surface area contributed by atoms with E-state index >= 15 is 0 Å². The lowest BCUT2D eigenvalue weighted by Gasteiger charge is -2.10. The molecule has 0 saturated heterocycles. The van der Waals surface area contributed by atoms with Crippen LogP contribution in [0.2, 0.25) is 0 Å². The highest BCUT2D eigenvalue weighted by atomic mass is 16.3. The molecule has 0 aliphatic rings. The average Bonchev–Trinajstić information content (AvgIpc) is 3.29. The van der Waals surface area contributed by atoms with Crippen molar-refractivity contribution >= 4 is 54.9 Å². The summed E-state index contributed by atoms with van der Waals surface area (Å²) in [5.41, 5.74) is 6.24. The molecule has 0 saturated carbocycles. The minimum atomic E-state index is 0.881. The fourth-order valence-corrected chi connectivity index (χ4v) is 5.03. The monoisotopic (exact) mass is 435 g/mol. The van der Waals surface area contributed by atoms with Gasteiger partial charge in [0.1, 0.15) is 5.58 Å². The van der Waals surface area contributed by atoms with Gasteiger partial charge in [-0.3, -0.25) is 0 Å². The third-order valence-electron chi connectivity index (χ3n) is 6.65. The molecule has 0 fully saturated rings. The average molecular weight is 436 g/mol. The van der Waals surface area contributed by atoms with Crippen LogP contribution in [0.5, 0.6) is 0 Å². The van der Waals surface area contributed by atoms with Crippen LogP contribution in [-0.4, -0.2) is 0 Å². The Morgan fingerprint density at radius 3 is 2.03 bits per heavy atom. The maximum Gasteiger partial charge on any atom is 0.158 e. The number of nitrogens with one attached hydrogen (secondary N) is 1. The van der Waals surface area contributed by atoms with E-state index in [1.807, 2.05) is 0 Å². The Kier molecular flexibility index (Phi) is 4.18. The van der Waals surface area contributed by atoms with Gasteiger partial charge in [0, 0.05) is 16.5 Å². The van der Waals surface area contributed by atoms with Crippen molar-refractivity contribution in [3.05, 3.63) is 121 Å². The van der Waals surface area contributed by atoms with Gasteiger partial charge in [-0.1, -0.05) is 97.1 Å². The van der Waals surface area contributed by atoms with Gasteiger partial charge in [-0.05, 0) is 56.9 Å². The van der Waals surface area contributed by atoms with Crippen LogP contribution >= 0.6 is 0 Å². The second-order valence-corrected chi connectivity index (χ2v) is 8.67. The molecule has 0 unspecified atom stereocenters. The van der Waals surface area contributed by atoms with E-state index in [0.29, 0.717) is 0 Å². The molecule has 1 N–H and O–H groups in total. The molecule has 2 nitrogen and oxygen atoms in total. The zero-order valence-corrected chi connectivity index (χ0v) is 18.5. The smallest absolute Gasteiger partial charge is 0.158 e. The Balaban J connectivity index is 1.29. The van der Waals surface area contributed by atoms with Crippen molar-refractivity contribution in [2.45, 2.75) is 0 Å². The Hall–Kier alpha value is -4.56. The number of hydrogen-bond acceptors (Lipinski definition) is 2. The normalized spacial score (nSPS) is 11.5. The molecular weight excluding hydrogens is 414 g/mol. The summed E-state index contributed by atoms with van der Waals surface area (Å²) >= 11 is 0. The van der Waals surface area contributed by atoms with Gasteiger partial charge in [0.05, 0.1) is 5.69 Å². The van der Waals surface area contributed by atoms with Gasteiger partial charge in [0.25, 0.3) is 0 Å². The van der Waals surface area contributed by atoms with Crippen LogP contribution in [-0.2, 0) is 0 Å². The maximum atomic E-state index is 6.34. The van der Waals surface area contributed by atoms with E-state index in [1.165, 1.54) is 38.1 Å². The standard InChI is InChI=1S/C32H21NO/c1-3-10-25-21(7-1)9-5-12-26(25)23-15-18-24(19-16-23)33-29-14-6-13-28-31-27-11-4-2-8-22(27)17-20-30(31)34-32(28)29/h1-20,33H. The number of furan rings is 1. The topological polar surface area (TPSA) is 25.2 Å². The van der Waals surface area contributed by atoms with Gasteiger partial charge in [-0.25, -0.2) is 0 Å². The molecule has 0 radical (unpaired) electrons. The highest BCUT2D eigenvalue weighted by Gasteiger charge is 2.13. The van der Waals surface area contributed by atoms with Gasteiger partial charge < -0.3 is 9.73 Å². The zero-order valence-electron chi connectivity index (χ0n) is 18.5. The van der Waals surface area contributed by atoms with Gasteiger partial charge in [0.2, 0.25) is 0 Å². The maximum absolute atomic E-state index is 6.34. The first-order chi connectivity index (χ1) is 16.8. The Bertz CT molecular complexity index is 1820. The number of fused-ring (bicyclic) bond motifs is 6. The molecule has 2 heteroatoms. The molecular formula is C32H21NO. The molecule has 7 rings (SSSR count). The van der Waals surface area contributed by atoms with E-state index in [0.717, 1.165) is 27.9 Å². The van der Waals surface area contributed by atoms with Gasteiger partial charge in [-0.15, -0.1) is 0 Å². The summed E-state index contributed by atoms with van der Waals surface area (Å²) in [7, 11) is 0. The summed E-state index contributed by atoms with van der Waals surface area (Å²) in [6, 6.07) is 42.6. The minimum Gasteiger partial charge on any atom is -0.454 e. The summed E-state index contributed by atoms with van der Waals surface area (Å²) in [5, 5.41) is 10.8. The predicted octanol–water partition coefficient (Wildman–Crippen LogP) is 9.30. The first kappa shape index (κ1) is 19.0.